The van der Waals surface area contributed by atoms with E-state index in [1.54, 1.807) is 18.2 Å². The number of fused-ring (bicyclic) bond motifs is 1. The second-order valence-electron chi connectivity index (χ2n) is 6.82. The van der Waals surface area contributed by atoms with Gasteiger partial charge in [-0.1, -0.05) is 38.1 Å². The van der Waals surface area contributed by atoms with E-state index in [0.717, 1.165) is 11.1 Å². The molecule has 0 N–H and O–H groups in total. The van der Waals surface area contributed by atoms with Gasteiger partial charge in [-0.3, -0.25) is 9.59 Å². The standard InChI is InChI=1S/C22H22O4/c1-13(2)17-7-5-16(6-8-17)11-20-21(24)18-9-10-19(25-12-14(3)23)15(4)22(18)26-20/h5-11,13H,12H2,1-4H3/b20-11-. The molecule has 1 aliphatic rings. The number of hydrogen-bond acceptors (Lipinski definition) is 4. The Morgan fingerprint density at radius 3 is 2.46 bits per heavy atom. The molecule has 0 spiro atoms. The van der Waals surface area contributed by atoms with Crippen molar-refractivity contribution in [1.29, 1.82) is 0 Å². The molecular weight excluding hydrogens is 328 g/mol. The van der Waals surface area contributed by atoms with Crippen LogP contribution in [0.25, 0.3) is 6.08 Å². The Balaban J connectivity index is 1.87. The van der Waals surface area contributed by atoms with Gasteiger partial charge >= 0.3 is 0 Å². The van der Waals surface area contributed by atoms with Crippen molar-refractivity contribution < 1.29 is 19.1 Å². The van der Waals surface area contributed by atoms with E-state index < -0.39 is 0 Å². The van der Waals surface area contributed by atoms with Gasteiger partial charge in [-0.05, 0) is 49.1 Å². The van der Waals surface area contributed by atoms with Gasteiger partial charge < -0.3 is 9.47 Å². The minimum absolute atomic E-state index is 0.00152. The summed E-state index contributed by atoms with van der Waals surface area (Å²) in [4.78, 5) is 23.7. The summed E-state index contributed by atoms with van der Waals surface area (Å²) in [7, 11) is 0. The molecule has 0 fully saturated rings. The molecule has 3 rings (SSSR count). The summed E-state index contributed by atoms with van der Waals surface area (Å²) in [6, 6.07) is 11.5. The molecule has 0 amide bonds. The first kappa shape index (κ1) is 17.9. The van der Waals surface area contributed by atoms with E-state index in [9.17, 15) is 9.59 Å². The van der Waals surface area contributed by atoms with Gasteiger partial charge in [-0.2, -0.15) is 0 Å². The summed E-state index contributed by atoms with van der Waals surface area (Å²) in [6.07, 6.45) is 1.75. The topological polar surface area (TPSA) is 52.6 Å². The van der Waals surface area contributed by atoms with Crippen LogP contribution in [0.3, 0.4) is 0 Å². The molecule has 4 heteroatoms. The summed E-state index contributed by atoms with van der Waals surface area (Å²) in [6.45, 7) is 7.57. The zero-order valence-corrected chi connectivity index (χ0v) is 15.5. The third kappa shape index (κ3) is 3.54. The number of ether oxygens (including phenoxy) is 2. The maximum atomic E-state index is 12.6. The lowest BCUT2D eigenvalue weighted by atomic mass is 10.0. The summed E-state index contributed by atoms with van der Waals surface area (Å²) in [5.74, 6) is 1.60. The lowest BCUT2D eigenvalue weighted by molar-refractivity contribution is -0.118. The second kappa shape index (κ2) is 7.16. The quantitative estimate of drug-likeness (QED) is 0.733. The molecule has 134 valence electrons. The van der Waals surface area contributed by atoms with Crippen LogP contribution >= 0.6 is 0 Å². The molecule has 0 saturated heterocycles. The first-order chi connectivity index (χ1) is 12.4. The van der Waals surface area contributed by atoms with Crippen molar-refractivity contribution in [3.63, 3.8) is 0 Å². The maximum absolute atomic E-state index is 12.6. The molecule has 4 nitrogen and oxygen atoms in total. The molecule has 2 aromatic rings. The van der Waals surface area contributed by atoms with Crippen molar-refractivity contribution in [2.75, 3.05) is 6.61 Å². The second-order valence-corrected chi connectivity index (χ2v) is 6.82. The van der Waals surface area contributed by atoms with Crippen LogP contribution < -0.4 is 9.47 Å². The van der Waals surface area contributed by atoms with Crippen LogP contribution in [0.4, 0.5) is 0 Å². The average Bonchev–Trinajstić information content (AvgIpc) is 2.92. The van der Waals surface area contributed by atoms with Crippen LogP contribution in [0.2, 0.25) is 0 Å². The number of benzene rings is 2. The average molecular weight is 350 g/mol. The van der Waals surface area contributed by atoms with Crippen LogP contribution in [0.1, 0.15) is 53.7 Å². The molecule has 0 bridgehead atoms. The van der Waals surface area contributed by atoms with Crippen LogP contribution in [0.15, 0.2) is 42.2 Å². The van der Waals surface area contributed by atoms with E-state index in [-0.39, 0.29) is 18.2 Å². The molecule has 0 radical (unpaired) electrons. The molecule has 0 aromatic heterocycles. The van der Waals surface area contributed by atoms with Crippen molar-refractivity contribution in [1.82, 2.24) is 0 Å². The maximum Gasteiger partial charge on any atom is 0.231 e. The number of hydrogen-bond donors (Lipinski definition) is 0. The predicted molar refractivity (Wildman–Crippen MR) is 101 cm³/mol. The van der Waals surface area contributed by atoms with E-state index in [2.05, 4.69) is 26.0 Å². The molecule has 0 saturated carbocycles. The van der Waals surface area contributed by atoms with Crippen molar-refractivity contribution >= 4 is 17.6 Å². The number of carbonyl (C=O) groups is 2. The molecule has 0 aliphatic carbocycles. The fraction of sp³-hybridized carbons (Fsp3) is 0.273. The first-order valence-corrected chi connectivity index (χ1v) is 8.67. The smallest absolute Gasteiger partial charge is 0.231 e. The molecular formula is C22H22O4. The normalized spacial score (nSPS) is 14.5. The lowest BCUT2D eigenvalue weighted by Gasteiger charge is -2.10. The van der Waals surface area contributed by atoms with E-state index in [0.29, 0.717) is 28.7 Å². The third-order valence-electron chi connectivity index (χ3n) is 4.37. The predicted octanol–water partition coefficient (Wildman–Crippen LogP) is 4.70. The molecule has 1 aliphatic heterocycles. The van der Waals surface area contributed by atoms with Crippen LogP contribution in [-0.2, 0) is 4.79 Å². The van der Waals surface area contributed by atoms with Gasteiger partial charge in [-0.25, -0.2) is 0 Å². The highest BCUT2D eigenvalue weighted by atomic mass is 16.5. The molecule has 0 unspecified atom stereocenters. The van der Waals surface area contributed by atoms with Crippen molar-refractivity contribution in [2.24, 2.45) is 0 Å². The Hall–Kier alpha value is -2.88. The zero-order valence-electron chi connectivity index (χ0n) is 15.5. The fourth-order valence-electron chi connectivity index (χ4n) is 2.83. The molecule has 1 heterocycles. The fourth-order valence-corrected chi connectivity index (χ4v) is 2.83. The summed E-state index contributed by atoms with van der Waals surface area (Å²) in [5, 5.41) is 0. The van der Waals surface area contributed by atoms with Crippen LogP contribution in [-0.4, -0.2) is 18.2 Å². The molecule has 2 aromatic carbocycles. The van der Waals surface area contributed by atoms with E-state index in [4.69, 9.17) is 9.47 Å². The zero-order chi connectivity index (χ0) is 18.8. The minimum Gasteiger partial charge on any atom is -0.485 e. The summed E-state index contributed by atoms with van der Waals surface area (Å²) >= 11 is 0. The Bertz CT molecular complexity index is 889. The highest BCUT2D eigenvalue weighted by Gasteiger charge is 2.30. The number of allylic oxidation sites excluding steroid dienone is 1. The van der Waals surface area contributed by atoms with Gasteiger partial charge in [0, 0.05) is 5.56 Å². The lowest BCUT2D eigenvalue weighted by Crippen LogP contribution is -2.07. The van der Waals surface area contributed by atoms with Crippen LogP contribution in [0, 0.1) is 6.92 Å². The highest BCUT2D eigenvalue weighted by Crippen LogP contribution is 2.39. The Morgan fingerprint density at radius 2 is 1.85 bits per heavy atom. The first-order valence-electron chi connectivity index (χ1n) is 8.67. The van der Waals surface area contributed by atoms with E-state index >= 15 is 0 Å². The summed E-state index contributed by atoms with van der Waals surface area (Å²) in [5.41, 5.74) is 3.40. The molecule has 0 atom stereocenters. The van der Waals surface area contributed by atoms with Crippen LogP contribution in [0.5, 0.6) is 11.5 Å². The SMILES string of the molecule is CC(=O)COc1ccc2c(c1C)O/C(=C\c1ccc(C(C)C)cc1)C2=O. The third-order valence-corrected chi connectivity index (χ3v) is 4.37. The molecule has 26 heavy (non-hydrogen) atoms. The van der Waals surface area contributed by atoms with E-state index in [1.807, 2.05) is 19.1 Å². The van der Waals surface area contributed by atoms with Gasteiger partial charge in [0.2, 0.25) is 5.78 Å². The number of Topliss-reactive ketones (excluding diaryl/α,β-unsaturated/α-hetero) is 2. The number of rotatable bonds is 5. The van der Waals surface area contributed by atoms with Gasteiger partial charge in [0.15, 0.2) is 11.5 Å². The Labute approximate surface area is 153 Å². The summed E-state index contributed by atoms with van der Waals surface area (Å²) < 4.78 is 11.3. The van der Waals surface area contributed by atoms with Crippen molar-refractivity contribution in [3.05, 3.63) is 64.4 Å². The Kier molecular flexibility index (Phi) is 4.94. The highest BCUT2D eigenvalue weighted by molar-refractivity contribution is 6.15. The number of ketones is 2. The monoisotopic (exact) mass is 350 g/mol. The van der Waals surface area contributed by atoms with Gasteiger partial charge in [-0.15, -0.1) is 0 Å². The van der Waals surface area contributed by atoms with Gasteiger partial charge in [0.1, 0.15) is 18.1 Å². The minimum atomic E-state index is -0.144. The van der Waals surface area contributed by atoms with Crippen molar-refractivity contribution in [3.8, 4) is 11.5 Å². The van der Waals surface area contributed by atoms with Gasteiger partial charge in [0.25, 0.3) is 0 Å². The largest absolute Gasteiger partial charge is 0.485 e. The van der Waals surface area contributed by atoms with E-state index in [1.165, 1.54) is 12.5 Å². The Morgan fingerprint density at radius 1 is 1.15 bits per heavy atom. The van der Waals surface area contributed by atoms with Crippen molar-refractivity contribution in [2.45, 2.75) is 33.6 Å². The van der Waals surface area contributed by atoms with Gasteiger partial charge in [0.05, 0.1) is 5.56 Å². The number of carbonyl (C=O) groups excluding carboxylic acids is 2.